The van der Waals surface area contributed by atoms with Crippen LogP contribution in [-0.2, 0) is 62.2 Å². The predicted octanol–water partition coefficient (Wildman–Crippen LogP) is 3.69. The van der Waals surface area contributed by atoms with Crippen LogP contribution in [0.1, 0.15) is 164 Å². The van der Waals surface area contributed by atoms with E-state index in [0.717, 1.165) is 9.80 Å². The van der Waals surface area contributed by atoms with Gasteiger partial charge in [-0.25, -0.2) is 0 Å². The van der Waals surface area contributed by atoms with E-state index in [4.69, 9.17) is 9.47 Å². The van der Waals surface area contributed by atoms with Crippen LogP contribution in [0.4, 0.5) is 0 Å². The standard InChI is InChI=1S/C67H121N11O14/c1-28-30-31-42(13)55(79)54-59(83)70-46(29-2)61(85)75(23)50(36-92-67(17,18)19)64(88)77(25)53(43(14)35-91-27)58(82)71-51(40(9)10)65(89)72(20)47(32-37(3)4)57(81)68-44(15)56(80)69-45(16)60(84)73(21)48(33-38(5)6)62(86)74(22)49(34-39(7)8)63(87)76(24)52(41(11)12)66(90)78(54)26/h28,30,37-55,79H,29,31-36H2,1-27H3,(H,68,81)(H,69,80)(H,70,83)(H,71,82)/b30-28+/t42-,43-,44+,45-,46+,47+,48+,49+,50-,51+,52+,53+,54+,55-/m1/s1. The first-order chi connectivity index (χ1) is 42.4. The number of aliphatic hydroxyl groups is 1. The molecule has 25 nitrogen and oxygen atoms in total. The number of rotatable bonds is 18. The van der Waals surface area contributed by atoms with Crippen molar-refractivity contribution in [2.24, 2.45) is 41.4 Å². The number of nitrogens with zero attached hydrogens (tertiary/aromatic N) is 7. The molecule has 528 valence electrons. The maximum Gasteiger partial charge on any atom is 0.248 e. The summed E-state index contributed by atoms with van der Waals surface area (Å²) in [6.07, 6.45) is 2.68. The maximum atomic E-state index is 15.3. The molecule has 5 N–H and O–H groups in total. The van der Waals surface area contributed by atoms with Crippen molar-refractivity contribution in [1.82, 2.24) is 55.6 Å². The zero-order chi connectivity index (χ0) is 71.5. The van der Waals surface area contributed by atoms with E-state index in [0.29, 0.717) is 0 Å². The molecule has 0 aromatic carbocycles. The Morgan fingerprint density at radius 2 is 0.913 bits per heavy atom. The van der Waals surface area contributed by atoms with E-state index in [1.165, 1.54) is 94.8 Å². The number of carbonyl (C=O) groups is 11. The monoisotopic (exact) mass is 1300 g/mol. The number of amides is 11. The summed E-state index contributed by atoms with van der Waals surface area (Å²) in [5, 5.41) is 23.3. The van der Waals surface area contributed by atoms with Gasteiger partial charge in [0.05, 0.1) is 24.9 Å². The number of hydrogen-bond acceptors (Lipinski definition) is 14. The molecule has 14 atom stereocenters. The molecule has 25 heteroatoms. The van der Waals surface area contributed by atoms with Gasteiger partial charge in [-0.2, -0.15) is 0 Å². The Morgan fingerprint density at radius 3 is 1.37 bits per heavy atom. The second kappa shape index (κ2) is 37.6. The predicted molar refractivity (Wildman–Crippen MR) is 355 cm³/mol. The Bertz CT molecular complexity index is 2520. The van der Waals surface area contributed by atoms with Crippen LogP contribution in [0.3, 0.4) is 0 Å². The Balaban J connectivity index is 4.57. The van der Waals surface area contributed by atoms with Crippen LogP contribution >= 0.6 is 0 Å². The van der Waals surface area contributed by atoms with Gasteiger partial charge in [-0.1, -0.05) is 102 Å². The van der Waals surface area contributed by atoms with Gasteiger partial charge in [0, 0.05) is 62.4 Å². The van der Waals surface area contributed by atoms with E-state index in [1.807, 2.05) is 41.5 Å². The fraction of sp³-hybridized carbons (Fsp3) is 0.806. The van der Waals surface area contributed by atoms with Crippen LogP contribution in [0.2, 0.25) is 0 Å². The molecule has 0 bridgehead atoms. The average molecular weight is 1300 g/mol. The zero-order valence-corrected chi connectivity index (χ0v) is 61.0. The van der Waals surface area contributed by atoms with E-state index < -0.39 is 167 Å². The third kappa shape index (κ3) is 23.4. The maximum absolute atomic E-state index is 15.3. The highest BCUT2D eigenvalue weighted by Crippen LogP contribution is 2.26. The normalized spacial score (nSPS) is 27.1. The summed E-state index contributed by atoms with van der Waals surface area (Å²) in [6, 6.07) is -14.4. The first-order valence-electron chi connectivity index (χ1n) is 32.9. The van der Waals surface area contributed by atoms with Gasteiger partial charge in [0.2, 0.25) is 65.0 Å². The molecule has 0 aliphatic carbocycles. The largest absolute Gasteiger partial charge is 0.390 e. The average Bonchev–Trinajstić information content (AvgIpc) is 0.813. The fourth-order valence-electron chi connectivity index (χ4n) is 11.6. The summed E-state index contributed by atoms with van der Waals surface area (Å²) in [5.74, 6) is -11.0. The molecule has 1 fully saturated rings. The van der Waals surface area contributed by atoms with Gasteiger partial charge in [0.1, 0.15) is 66.5 Å². The number of methoxy groups -OCH3 is 1. The van der Waals surface area contributed by atoms with E-state index in [2.05, 4.69) is 21.3 Å². The lowest BCUT2D eigenvalue weighted by Gasteiger charge is -2.41. The molecule has 11 amide bonds. The lowest BCUT2D eigenvalue weighted by molar-refractivity contribution is -0.158. The van der Waals surface area contributed by atoms with Crippen LogP contribution < -0.4 is 21.3 Å². The van der Waals surface area contributed by atoms with Crippen molar-refractivity contribution in [2.45, 2.75) is 242 Å². The highest BCUT2D eigenvalue weighted by atomic mass is 16.5. The molecule has 0 unspecified atom stereocenters. The van der Waals surface area contributed by atoms with Gasteiger partial charge < -0.3 is 70.1 Å². The van der Waals surface area contributed by atoms with Gasteiger partial charge >= 0.3 is 0 Å². The number of likely N-dealkylation sites (N-methyl/N-ethyl adjacent to an activating group) is 7. The minimum atomic E-state index is -1.66. The van der Waals surface area contributed by atoms with Gasteiger partial charge in [0.15, 0.2) is 0 Å². The van der Waals surface area contributed by atoms with E-state index in [9.17, 15) is 29.1 Å². The molecule has 0 radical (unpaired) electrons. The quantitative estimate of drug-likeness (QED) is 0.122. The van der Waals surface area contributed by atoms with E-state index in [-0.39, 0.29) is 63.1 Å². The number of ether oxygens (including phenoxy) is 2. The molecule has 0 saturated carbocycles. The van der Waals surface area contributed by atoms with Crippen LogP contribution in [0, 0.1) is 41.4 Å². The highest BCUT2D eigenvalue weighted by Gasteiger charge is 2.47. The molecule has 0 aromatic rings. The smallest absolute Gasteiger partial charge is 0.248 e. The number of hydrogen-bond donors (Lipinski definition) is 5. The number of allylic oxidation sites excluding steroid dienone is 2. The summed E-state index contributed by atoms with van der Waals surface area (Å²) in [7, 11) is 11.3. The summed E-state index contributed by atoms with van der Waals surface area (Å²) in [5.41, 5.74) is -0.857. The SMILES string of the molecule is C/C=C/C[C@@H](C)[C@@H](O)[C@H]1C(=O)N[C@@H](CC)C(=O)N(C)[C@H](COC(C)(C)C)C(=O)N(C)[C@@H]([C@H](C)COC)C(=O)N[C@@H](C(C)C)C(=O)N(C)[C@@H](CC(C)C)C(=O)N[C@@H](C)C(=O)N[C@H](C)C(=O)N(C)[C@@H](CC(C)C)C(=O)N(C)[C@@H](CC(C)C)C(=O)N(C)[C@@H](C(C)C)C(=O)N1C. The van der Waals surface area contributed by atoms with E-state index >= 15 is 28.8 Å². The Morgan fingerprint density at radius 1 is 0.489 bits per heavy atom. The van der Waals surface area contributed by atoms with Crippen LogP contribution in [-0.4, -0.2) is 252 Å². The fourth-order valence-corrected chi connectivity index (χ4v) is 11.6. The van der Waals surface area contributed by atoms with Gasteiger partial charge in [-0.05, 0) is 109 Å². The number of nitrogens with one attached hydrogen (secondary N) is 4. The third-order valence-corrected chi connectivity index (χ3v) is 17.2. The topological polar surface area (TPSA) is 297 Å². The first kappa shape index (κ1) is 83.8. The van der Waals surface area contributed by atoms with Gasteiger partial charge in [-0.3, -0.25) is 52.7 Å². The van der Waals surface area contributed by atoms with Crippen molar-refractivity contribution < 1.29 is 67.3 Å². The van der Waals surface area contributed by atoms with Crippen LogP contribution in [0.5, 0.6) is 0 Å². The summed E-state index contributed by atoms with van der Waals surface area (Å²) in [6.45, 7) is 32.6. The molecule has 92 heavy (non-hydrogen) atoms. The molecule has 1 saturated heterocycles. The van der Waals surface area contributed by atoms with Crippen molar-refractivity contribution >= 4 is 65.0 Å². The Labute approximate surface area is 550 Å². The zero-order valence-electron chi connectivity index (χ0n) is 61.0. The van der Waals surface area contributed by atoms with Gasteiger partial charge in [-0.15, -0.1) is 0 Å². The van der Waals surface area contributed by atoms with Crippen LogP contribution in [0.25, 0.3) is 0 Å². The highest BCUT2D eigenvalue weighted by molar-refractivity contribution is 6.00. The summed E-state index contributed by atoms with van der Waals surface area (Å²) < 4.78 is 11.7. The molecule has 0 spiro atoms. The third-order valence-electron chi connectivity index (χ3n) is 17.2. The number of aliphatic hydroxyl groups excluding tert-OH is 1. The minimum absolute atomic E-state index is 0.0417. The molecule has 1 aliphatic rings. The van der Waals surface area contributed by atoms with Gasteiger partial charge in [0.25, 0.3) is 0 Å². The Hall–Kier alpha value is -6.21. The minimum Gasteiger partial charge on any atom is -0.390 e. The second-order valence-corrected chi connectivity index (χ2v) is 28.5. The Kier molecular flexibility index (Phi) is 34.3. The van der Waals surface area contributed by atoms with Crippen molar-refractivity contribution in [2.75, 3.05) is 69.7 Å². The van der Waals surface area contributed by atoms with Crippen molar-refractivity contribution in [1.29, 1.82) is 0 Å². The molecule has 1 heterocycles. The lowest BCUT2D eigenvalue weighted by atomic mass is 9.91. The van der Waals surface area contributed by atoms with E-state index in [1.54, 1.807) is 88.3 Å². The molecule has 0 aromatic heterocycles. The van der Waals surface area contributed by atoms with Crippen molar-refractivity contribution in [3.63, 3.8) is 0 Å². The summed E-state index contributed by atoms with van der Waals surface area (Å²) >= 11 is 0. The number of carbonyl (C=O) groups excluding carboxylic acids is 11. The second-order valence-electron chi connectivity index (χ2n) is 28.5. The first-order valence-corrected chi connectivity index (χ1v) is 32.9. The molecule has 1 aliphatic heterocycles. The van der Waals surface area contributed by atoms with Crippen molar-refractivity contribution in [3.8, 4) is 0 Å². The molecular weight excluding hydrogens is 1180 g/mol. The molecular formula is C67H121N11O14. The van der Waals surface area contributed by atoms with Crippen molar-refractivity contribution in [3.05, 3.63) is 12.2 Å². The summed E-state index contributed by atoms with van der Waals surface area (Å²) in [4.78, 5) is 172. The van der Waals surface area contributed by atoms with Crippen LogP contribution in [0.15, 0.2) is 12.2 Å². The lowest BCUT2D eigenvalue weighted by Crippen LogP contribution is -2.64. The molecule has 1 rings (SSSR count).